The average Bonchev–Trinajstić information content (AvgIpc) is 3.39. The van der Waals surface area contributed by atoms with Crippen LogP contribution in [0.5, 0.6) is 0 Å². The van der Waals surface area contributed by atoms with Crippen LogP contribution in [0.2, 0.25) is 0 Å². The molecule has 3 nitrogen and oxygen atoms in total. The van der Waals surface area contributed by atoms with Gasteiger partial charge >= 0.3 is 6.18 Å². The predicted molar refractivity (Wildman–Crippen MR) is 86.7 cm³/mol. The minimum Gasteiger partial charge on any atom is -0.387 e. The van der Waals surface area contributed by atoms with E-state index in [1.807, 2.05) is 0 Å². The van der Waals surface area contributed by atoms with Crippen molar-refractivity contribution in [2.75, 3.05) is 6.54 Å². The molecule has 1 fully saturated rings. The number of hydrogen-bond acceptors (Lipinski definition) is 2. The van der Waals surface area contributed by atoms with Crippen LogP contribution in [0.4, 0.5) is 17.6 Å². The molecule has 0 bridgehead atoms. The quantitative estimate of drug-likeness (QED) is 0.790. The molecule has 3 rings (SSSR count). The fourth-order valence-corrected chi connectivity index (χ4v) is 2.96. The Morgan fingerprint density at radius 3 is 2.62 bits per heavy atom. The molecule has 2 N–H and O–H groups in total. The Hall–Kier alpha value is -2.41. The lowest BCUT2D eigenvalue weighted by molar-refractivity contribution is -0.137. The van der Waals surface area contributed by atoms with E-state index in [-0.39, 0.29) is 35.7 Å². The van der Waals surface area contributed by atoms with Crippen molar-refractivity contribution in [1.82, 2.24) is 5.32 Å². The van der Waals surface area contributed by atoms with Crippen molar-refractivity contribution < 1.29 is 27.5 Å². The smallest absolute Gasteiger partial charge is 0.387 e. The molecule has 0 spiro atoms. The van der Waals surface area contributed by atoms with Crippen LogP contribution in [0.3, 0.4) is 0 Å². The number of carbonyl (C=O) groups excluding carboxylic acids is 1. The molecular formula is C19H17F4NO2. The van der Waals surface area contributed by atoms with Crippen LogP contribution >= 0.6 is 0 Å². The molecule has 26 heavy (non-hydrogen) atoms. The van der Waals surface area contributed by atoms with Gasteiger partial charge in [0.25, 0.3) is 0 Å². The van der Waals surface area contributed by atoms with Crippen molar-refractivity contribution in [3.8, 4) is 0 Å². The van der Waals surface area contributed by atoms with Gasteiger partial charge in [-0.05, 0) is 47.7 Å². The summed E-state index contributed by atoms with van der Waals surface area (Å²) in [4.78, 5) is 12.1. The number of benzene rings is 2. The third-order valence-electron chi connectivity index (χ3n) is 4.47. The highest BCUT2D eigenvalue weighted by Gasteiger charge is 2.44. The monoisotopic (exact) mass is 367 g/mol. The Balaban J connectivity index is 1.55. The zero-order valence-electron chi connectivity index (χ0n) is 13.6. The first-order valence-corrected chi connectivity index (χ1v) is 8.14. The summed E-state index contributed by atoms with van der Waals surface area (Å²) in [5.74, 6) is -1.05. The van der Waals surface area contributed by atoms with Crippen LogP contribution in [0.1, 0.15) is 35.1 Å². The number of amides is 1. The van der Waals surface area contributed by atoms with Crippen molar-refractivity contribution in [2.24, 2.45) is 5.92 Å². The van der Waals surface area contributed by atoms with Crippen molar-refractivity contribution in [2.45, 2.75) is 24.6 Å². The molecule has 1 amide bonds. The topological polar surface area (TPSA) is 49.3 Å². The van der Waals surface area contributed by atoms with Gasteiger partial charge in [0.05, 0.1) is 11.7 Å². The number of aliphatic hydroxyl groups excluding tert-OH is 1. The molecule has 0 heterocycles. The van der Waals surface area contributed by atoms with E-state index in [2.05, 4.69) is 5.32 Å². The van der Waals surface area contributed by atoms with E-state index in [4.69, 9.17) is 0 Å². The summed E-state index contributed by atoms with van der Waals surface area (Å²) >= 11 is 0. The summed E-state index contributed by atoms with van der Waals surface area (Å²) in [6.07, 6.45) is -5.16. The maximum Gasteiger partial charge on any atom is 0.416 e. The Bertz CT molecular complexity index is 806. The van der Waals surface area contributed by atoms with Gasteiger partial charge in [0, 0.05) is 12.5 Å². The summed E-state index contributed by atoms with van der Waals surface area (Å²) in [5, 5.41) is 12.6. The van der Waals surface area contributed by atoms with E-state index < -0.39 is 17.8 Å². The fourth-order valence-electron chi connectivity index (χ4n) is 2.96. The van der Waals surface area contributed by atoms with Crippen molar-refractivity contribution in [1.29, 1.82) is 0 Å². The zero-order chi connectivity index (χ0) is 18.9. The van der Waals surface area contributed by atoms with Gasteiger partial charge in [0.15, 0.2) is 0 Å². The third kappa shape index (κ3) is 4.22. The van der Waals surface area contributed by atoms with Crippen LogP contribution < -0.4 is 5.32 Å². The summed E-state index contributed by atoms with van der Waals surface area (Å²) in [6, 6.07) is 10.4. The summed E-state index contributed by atoms with van der Waals surface area (Å²) < 4.78 is 51.4. The molecule has 0 radical (unpaired) electrons. The molecule has 2 aromatic rings. The maximum absolute atomic E-state index is 13.2. The number of hydrogen-bond donors (Lipinski definition) is 2. The minimum absolute atomic E-state index is 0.0728. The molecule has 3 unspecified atom stereocenters. The summed E-state index contributed by atoms with van der Waals surface area (Å²) in [5.41, 5.74) is -0.0325. The second-order valence-electron chi connectivity index (χ2n) is 6.39. The third-order valence-corrected chi connectivity index (χ3v) is 4.47. The summed E-state index contributed by atoms with van der Waals surface area (Å²) in [7, 11) is 0. The lowest BCUT2D eigenvalue weighted by Crippen LogP contribution is -2.30. The van der Waals surface area contributed by atoms with E-state index in [9.17, 15) is 27.5 Å². The van der Waals surface area contributed by atoms with Crippen molar-refractivity contribution in [3.05, 3.63) is 71.0 Å². The minimum atomic E-state index is -4.49. The number of nitrogens with one attached hydrogen (secondary N) is 1. The predicted octanol–water partition coefficient (Wildman–Crippen LogP) is 3.80. The van der Waals surface area contributed by atoms with Crippen LogP contribution in [0, 0.1) is 11.7 Å². The SMILES string of the molecule is O=C(NCC(O)c1cccc(C(F)(F)F)c1)C1CC1c1cccc(F)c1. The van der Waals surface area contributed by atoms with E-state index in [0.717, 1.165) is 17.7 Å². The number of rotatable bonds is 5. The lowest BCUT2D eigenvalue weighted by Gasteiger charge is -2.14. The number of carbonyl (C=O) groups is 1. The van der Waals surface area contributed by atoms with Crippen LogP contribution in [-0.2, 0) is 11.0 Å². The standard InChI is InChI=1S/C19H17F4NO2/c20-14-6-2-3-11(8-14)15-9-16(15)18(26)24-10-17(25)12-4-1-5-13(7-12)19(21,22)23/h1-8,15-17,25H,9-10H2,(H,24,26). The lowest BCUT2D eigenvalue weighted by atomic mass is 10.1. The van der Waals surface area contributed by atoms with Crippen molar-refractivity contribution in [3.63, 3.8) is 0 Å². The molecule has 0 aliphatic heterocycles. The van der Waals surface area contributed by atoms with E-state index in [1.54, 1.807) is 12.1 Å². The molecule has 7 heteroatoms. The first-order chi connectivity index (χ1) is 12.3. The van der Waals surface area contributed by atoms with Gasteiger partial charge in [0.1, 0.15) is 5.82 Å². The highest BCUT2D eigenvalue weighted by Crippen LogP contribution is 2.47. The Labute approximate surface area is 147 Å². The van der Waals surface area contributed by atoms with Crippen molar-refractivity contribution >= 4 is 5.91 Å². The molecular weight excluding hydrogens is 350 g/mol. The summed E-state index contributed by atoms with van der Waals surface area (Å²) in [6.45, 7) is -0.188. The highest BCUT2D eigenvalue weighted by molar-refractivity contribution is 5.82. The Morgan fingerprint density at radius 1 is 1.19 bits per heavy atom. The molecule has 0 aromatic heterocycles. The molecule has 1 saturated carbocycles. The van der Waals surface area contributed by atoms with Gasteiger partial charge < -0.3 is 10.4 Å². The first kappa shape index (κ1) is 18.4. The number of alkyl halides is 3. The van der Waals surface area contributed by atoms with Gasteiger partial charge in [-0.25, -0.2) is 4.39 Å². The molecule has 1 aliphatic rings. The van der Waals surface area contributed by atoms with Gasteiger partial charge in [-0.3, -0.25) is 4.79 Å². The zero-order valence-corrected chi connectivity index (χ0v) is 13.6. The fraction of sp³-hybridized carbons (Fsp3) is 0.316. The average molecular weight is 367 g/mol. The Kier molecular flexibility index (Phi) is 5.00. The van der Waals surface area contributed by atoms with E-state index in [1.165, 1.54) is 24.3 Å². The normalized spacial score (nSPS) is 20.5. The van der Waals surface area contributed by atoms with E-state index in [0.29, 0.717) is 6.42 Å². The molecule has 138 valence electrons. The number of aliphatic hydroxyl groups is 1. The maximum atomic E-state index is 13.2. The van der Waals surface area contributed by atoms with Gasteiger partial charge in [-0.1, -0.05) is 24.3 Å². The van der Waals surface area contributed by atoms with Crippen LogP contribution in [0.15, 0.2) is 48.5 Å². The largest absolute Gasteiger partial charge is 0.416 e. The molecule has 2 aromatic carbocycles. The molecule has 3 atom stereocenters. The second kappa shape index (κ2) is 7.07. The van der Waals surface area contributed by atoms with E-state index >= 15 is 0 Å². The van der Waals surface area contributed by atoms with Gasteiger partial charge in [-0.2, -0.15) is 13.2 Å². The van der Waals surface area contributed by atoms with Crippen LogP contribution in [-0.4, -0.2) is 17.6 Å². The molecule has 0 saturated heterocycles. The van der Waals surface area contributed by atoms with Crippen LogP contribution in [0.25, 0.3) is 0 Å². The van der Waals surface area contributed by atoms with Gasteiger partial charge in [0.2, 0.25) is 5.91 Å². The second-order valence-corrected chi connectivity index (χ2v) is 6.39. The Morgan fingerprint density at radius 2 is 1.92 bits per heavy atom. The first-order valence-electron chi connectivity index (χ1n) is 8.14. The van der Waals surface area contributed by atoms with Gasteiger partial charge in [-0.15, -0.1) is 0 Å². The molecule has 1 aliphatic carbocycles. The number of halogens is 4. The highest BCUT2D eigenvalue weighted by atomic mass is 19.4.